The third-order valence-corrected chi connectivity index (χ3v) is 2.56. The Hall–Kier alpha value is -1.16. The average Bonchev–Trinajstić information content (AvgIpc) is 2.59. The molecule has 0 aliphatic rings. The first kappa shape index (κ1) is 9.40. The summed E-state index contributed by atoms with van der Waals surface area (Å²) in [5, 5.41) is 0.763. The normalized spacial score (nSPS) is 10.7. The SMILES string of the molecule is CC(=O)c1nc2ccc(CBr)cc2o1. The van der Waals surface area contributed by atoms with Crippen molar-refractivity contribution in [3.05, 3.63) is 29.7 Å². The molecule has 1 aromatic heterocycles. The molecule has 0 unspecified atom stereocenters. The van der Waals surface area contributed by atoms with E-state index in [9.17, 15) is 4.79 Å². The maximum Gasteiger partial charge on any atom is 0.263 e. The van der Waals surface area contributed by atoms with Crippen molar-refractivity contribution in [3.63, 3.8) is 0 Å². The van der Waals surface area contributed by atoms with Crippen LogP contribution in [0, 0.1) is 0 Å². The van der Waals surface area contributed by atoms with E-state index in [1.54, 1.807) is 0 Å². The smallest absolute Gasteiger partial charge is 0.263 e. The fraction of sp³-hybridized carbons (Fsp3) is 0.200. The first-order chi connectivity index (χ1) is 6.70. The number of rotatable bonds is 2. The Morgan fingerprint density at radius 3 is 3.00 bits per heavy atom. The maximum atomic E-state index is 11.0. The molecular weight excluding hydrogens is 246 g/mol. The number of hydrogen-bond acceptors (Lipinski definition) is 3. The van der Waals surface area contributed by atoms with Gasteiger partial charge in [0.1, 0.15) is 5.52 Å². The number of nitrogens with zero attached hydrogens (tertiary/aromatic N) is 1. The molecule has 0 amide bonds. The molecule has 72 valence electrons. The lowest BCUT2D eigenvalue weighted by atomic mass is 10.2. The lowest BCUT2D eigenvalue weighted by Gasteiger charge is -1.91. The second-order valence-corrected chi connectivity index (χ2v) is 3.57. The second-order valence-electron chi connectivity index (χ2n) is 3.01. The van der Waals surface area contributed by atoms with Gasteiger partial charge in [0.25, 0.3) is 5.89 Å². The average molecular weight is 254 g/mol. The first-order valence-electron chi connectivity index (χ1n) is 4.17. The van der Waals surface area contributed by atoms with Crippen LogP contribution in [-0.4, -0.2) is 10.8 Å². The lowest BCUT2D eigenvalue weighted by molar-refractivity contribution is 0.0983. The molecule has 1 heterocycles. The number of hydrogen-bond donors (Lipinski definition) is 0. The van der Waals surface area contributed by atoms with E-state index >= 15 is 0 Å². The van der Waals surface area contributed by atoms with E-state index in [0.29, 0.717) is 5.58 Å². The third kappa shape index (κ3) is 1.57. The van der Waals surface area contributed by atoms with Gasteiger partial charge < -0.3 is 4.42 Å². The molecule has 0 N–H and O–H groups in total. The van der Waals surface area contributed by atoms with Crippen molar-refractivity contribution in [2.45, 2.75) is 12.3 Å². The topological polar surface area (TPSA) is 43.1 Å². The molecule has 0 atom stereocenters. The summed E-state index contributed by atoms with van der Waals surface area (Å²) >= 11 is 3.35. The molecule has 0 bridgehead atoms. The van der Waals surface area contributed by atoms with Crippen molar-refractivity contribution in [1.82, 2.24) is 4.98 Å². The summed E-state index contributed by atoms with van der Waals surface area (Å²) in [7, 11) is 0. The summed E-state index contributed by atoms with van der Waals surface area (Å²) in [4.78, 5) is 15.1. The van der Waals surface area contributed by atoms with Crippen LogP contribution in [0.1, 0.15) is 23.2 Å². The summed E-state index contributed by atoms with van der Waals surface area (Å²) in [6.07, 6.45) is 0. The highest BCUT2D eigenvalue weighted by atomic mass is 79.9. The maximum absolute atomic E-state index is 11.0. The number of carbonyl (C=O) groups excluding carboxylic acids is 1. The Kier molecular flexibility index (Phi) is 2.37. The lowest BCUT2D eigenvalue weighted by Crippen LogP contribution is -1.89. The predicted octanol–water partition coefficient (Wildman–Crippen LogP) is 2.93. The van der Waals surface area contributed by atoms with Crippen LogP contribution in [0.2, 0.25) is 0 Å². The van der Waals surface area contributed by atoms with Crippen molar-refractivity contribution in [1.29, 1.82) is 0 Å². The van der Waals surface area contributed by atoms with Gasteiger partial charge in [-0.05, 0) is 17.7 Å². The van der Waals surface area contributed by atoms with Crippen molar-refractivity contribution >= 4 is 32.8 Å². The van der Waals surface area contributed by atoms with Crippen molar-refractivity contribution in [2.75, 3.05) is 0 Å². The Morgan fingerprint density at radius 2 is 2.36 bits per heavy atom. The summed E-state index contributed by atoms with van der Waals surface area (Å²) < 4.78 is 5.29. The molecule has 0 aliphatic heterocycles. The molecule has 4 heteroatoms. The highest BCUT2D eigenvalue weighted by molar-refractivity contribution is 9.08. The van der Waals surface area contributed by atoms with Crippen LogP contribution in [0.3, 0.4) is 0 Å². The Balaban J connectivity index is 2.60. The van der Waals surface area contributed by atoms with Crippen LogP contribution in [0.15, 0.2) is 22.6 Å². The zero-order valence-corrected chi connectivity index (χ0v) is 9.17. The van der Waals surface area contributed by atoms with Crippen LogP contribution < -0.4 is 0 Å². The number of halogens is 1. The molecule has 0 spiro atoms. The molecule has 0 radical (unpaired) electrons. The van der Waals surface area contributed by atoms with Gasteiger partial charge in [0.2, 0.25) is 5.78 Å². The summed E-state index contributed by atoms with van der Waals surface area (Å²) in [6.45, 7) is 1.44. The number of aromatic nitrogens is 1. The monoisotopic (exact) mass is 253 g/mol. The predicted molar refractivity (Wildman–Crippen MR) is 56.6 cm³/mol. The van der Waals surface area contributed by atoms with Crippen LogP contribution >= 0.6 is 15.9 Å². The number of carbonyl (C=O) groups is 1. The molecule has 3 nitrogen and oxygen atoms in total. The number of fused-ring (bicyclic) bond motifs is 1. The van der Waals surface area contributed by atoms with Gasteiger partial charge in [0, 0.05) is 12.3 Å². The molecule has 1 aromatic carbocycles. The molecule has 0 aliphatic carbocycles. The van der Waals surface area contributed by atoms with Crippen molar-refractivity contribution in [3.8, 4) is 0 Å². The van der Waals surface area contributed by atoms with Gasteiger partial charge in [-0.2, -0.15) is 0 Å². The van der Waals surface area contributed by atoms with Crippen molar-refractivity contribution in [2.24, 2.45) is 0 Å². The fourth-order valence-corrected chi connectivity index (χ4v) is 1.55. The zero-order valence-electron chi connectivity index (χ0n) is 7.58. The molecule has 0 saturated heterocycles. The summed E-state index contributed by atoms with van der Waals surface area (Å²) in [6, 6.07) is 5.68. The van der Waals surface area contributed by atoms with Gasteiger partial charge in [-0.15, -0.1) is 0 Å². The van der Waals surface area contributed by atoms with Crippen LogP contribution in [0.4, 0.5) is 0 Å². The van der Waals surface area contributed by atoms with E-state index < -0.39 is 0 Å². The number of alkyl halides is 1. The Bertz CT molecular complexity index is 490. The van der Waals surface area contributed by atoms with E-state index in [1.165, 1.54) is 6.92 Å². The standard InChI is InChI=1S/C10H8BrNO2/c1-6(13)10-12-8-3-2-7(5-11)4-9(8)14-10/h2-4H,5H2,1H3. The quantitative estimate of drug-likeness (QED) is 0.611. The van der Waals surface area contributed by atoms with E-state index in [2.05, 4.69) is 20.9 Å². The van der Waals surface area contributed by atoms with Gasteiger partial charge in [-0.1, -0.05) is 22.0 Å². The number of oxazole rings is 1. The van der Waals surface area contributed by atoms with Gasteiger partial charge in [-0.25, -0.2) is 4.98 Å². The fourth-order valence-electron chi connectivity index (χ4n) is 1.20. The van der Waals surface area contributed by atoms with Crippen LogP contribution in [0.25, 0.3) is 11.1 Å². The highest BCUT2D eigenvalue weighted by Crippen LogP contribution is 2.18. The Morgan fingerprint density at radius 1 is 1.57 bits per heavy atom. The third-order valence-electron chi connectivity index (χ3n) is 1.91. The summed E-state index contributed by atoms with van der Waals surface area (Å²) in [5.41, 5.74) is 2.48. The van der Waals surface area contributed by atoms with Gasteiger partial charge >= 0.3 is 0 Å². The molecule has 2 aromatic rings. The minimum Gasteiger partial charge on any atom is -0.434 e. The van der Waals surface area contributed by atoms with Crippen LogP contribution in [0.5, 0.6) is 0 Å². The largest absolute Gasteiger partial charge is 0.434 e. The Labute approximate surface area is 89.3 Å². The molecule has 2 rings (SSSR count). The number of Topliss-reactive ketones (excluding diaryl/α,β-unsaturated/α-hetero) is 1. The minimum absolute atomic E-state index is 0.151. The van der Waals surface area contributed by atoms with Crippen LogP contribution in [-0.2, 0) is 5.33 Å². The van der Waals surface area contributed by atoms with E-state index in [4.69, 9.17) is 4.42 Å². The first-order valence-corrected chi connectivity index (χ1v) is 5.29. The van der Waals surface area contributed by atoms with Crippen molar-refractivity contribution < 1.29 is 9.21 Å². The number of ketones is 1. The molecule has 14 heavy (non-hydrogen) atoms. The second kappa shape index (κ2) is 3.53. The molecule has 0 fully saturated rings. The number of benzene rings is 1. The molecule has 0 saturated carbocycles. The van der Waals surface area contributed by atoms with E-state index in [0.717, 1.165) is 16.4 Å². The van der Waals surface area contributed by atoms with Gasteiger partial charge in [0.05, 0.1) is 0 Å². The van der Waals surface area contributed by atoms with Gasteiger partial charge in [-0.3, -0.25) is 4.79 Å². The minimum atomic E-state index is -0.151. The summed E-state index contributed by atoms with van der Waals surface area (Å²) in [5.74, 6) is 0.0216. The zero-order chi connectivity index (χ0) is 10.1. The van der Waals surface area contributed by atoms with E-state index in [-0.39, 0.29) is 11.7 Å². The highest BCUT2D eigenvalue weighted by Gasteiger charge is 2.09. The molecular formula is C10H8BrNO2. The van der Waals surface area contributed by atoms with E-state index in [1.807, 2.05) is 18.2 Å². The van der Waals surface area contributed by atoms with Gasteiger partial charge in [0.15, 0.2) is 5.58 Å².